The Morgan fingerprint density at radius 1 is 1.12 bits per heavy atom. The molecule has 2 N–H and O–H groups in total. The highest BCUT2D eigenvalue weighted by molar-refractivity contribution is 5.99. The minimum absolute atomic E-state index is 0.208. The zero-order valence-corrected chi connectivity index (χ0v) is 17.6. The molecule has 2 amide bonds. The summed E-state index contributed by atoms with van der Waals surface area (Å²) in [7, 11) is 3.40. The summed E-state index contributed by atoms with van der Waals surface area (Å²) in [5.41, 5.74) is 2.80. The molecule has 0 atom stereocenters. The number of nitrogens with one attached hydrogen (secondary N) is 2. The van der Waals surface area contributed by atoms with Gasteiger partial charge in [0.25, 0.3) is 0 Å². The minimum atomic E-state index is -4.53. The molecule has 3 heterocycles. The molecule has 8 nitrogen and oxygen atoms in total. The SMILES string of the molecule is COCc1cc(-c2ccc(NC(=O)Nc3cc(C(F)(F)F)ccn3)cc2)c2cnn(C)c2n1. The number of hydrogen-bond donors (Lipinski definition) is 2. The molecule has 0 saturated heterocycles. The number of aromatic nitrogens is 4. The number of carbonyl (C=O) groups excluding carboxylic acids is 1. The molecule has 4 aromatic rings. The molecule has 0 aliphatic heterocycles. The summed E-state index contributed by atoms with van der Waals surface area (Å²) in [6, 6.07) is 9.81. The third-order valence-electron chi connectivity index (χ3n) is 4.83. The van der Waals surface area contributed by atoms with Crippen LogP contribution in [-0.2, 0) is 24.6 Å². The van der Waals surface area contributed by atoms with Crippen LogP contribution in [0.25, 0.3) is 22.2 Å². The number of carbonyl (C=O) groups is 1. The van der Waals surface area contributed by atoms with E-state index in [0.29, 0.717) is 12.3 Å². The number of rotatable bonds is 5. The molecule has 4 rings (SSSR count). The van der Waals surface area contributed by atoms with Gasteiger partial charge in [0.2, 0.25) is 0 Å². The van der Waals surface area contributed by atoms with Crippen molar-refractivity contribution in [3.05, 3.63) is 66.1 Å². The van der Waals surface area contributed by atoms with Gasteiger partial charge in [0.15, 0.2) is 5.65 Å². The molecule has 170 valence electrons. The van der Waals surface area contributed by atoms with Crippen molar-refractivity contribution in [1.29, 1.82) is 0 Å². The number of halogens is 3. The Labute approximate surface area is 186 Å². The number of amides is 2. The molecular formula is C22H19F3N6O2. The standard InChI is InChI=1S/C22H19F3N6O2/c1-31-20-18(11-27-31)17(10-16(28-20)12-33-2)13-3-5-15(6-4-13)29-21(32)30-19-9-14(7-8-26-19)22(23,24)25/h3-11H,12H2,1-2H3,(H2,26,29,30,32). The van der Waals surface area contributed by atoms with Gasteiger partial charge in [-0.2, -0.15) is 18.3 Å². The van der Waals surface area contributed by atoms with E-state index in [-0.39, 0.29) is 5.82 Å². The van der Waals surface area contributed by atoms with Crippen LogP contribution in [0.5, 0.6) is 0 Å². The molecule has 1 aromatic carbocycles. The fourth-order valence-corrected chi connectivity index (χ4v) is 3.31. The van der Waals surface area contributed by atoms with Gasteiger partial charge in [-0.05, 0) is 41.5 Å². The number of benzene rings is 1. The second-order valence-corrected chi connectivity index (χ2v) is 7.18. The van der Waals surface area contributed by atoms with Crippen LogP contribution in [0.15, 0.2) is 54.9 Å². The average molecular weight is 456 g/mol. The Kier molecular flexibility index (Phi) is 5.97. The summed E-state index contributed by atoms with van der Waals surface area (Å²) in [5.74, 6) is -0.208. The van der Waals surface area contributed by atoms with Crippen LogP contribution in [0.2, 0.25) is 0 Å². The van der Waals surface area contributed by atoms with Crippen molar-refractivity contribution in [3.8, 4) is 11.1 Å². The van der Waals surface area contributed by atoms with Gasteiger partial charge in [-0.3, -0.25) is 10.00 Å². The topological polar surface area (TPSA) is 94.0 Å². The number of hydrogen-bond acceptors (Lipinski definition) is 5. The van der Waals surface area contributed by atoms with E-state index in [2.05, 4.69) is 25.7 Å². The van der Waals surface area contributed by atoms with Gasteiger partial charge in [-0.15, -0.1) is 0 Å². The fourth-order valence-electron chi connectivity index (χ4n) is 3.31. The van der Waals surface area contributed by atoms with Crippen molar-refractivity contribution >= 4 is 28.6 Å². The van der Waals surface area contributed by atoms with E-state index in [9.17, 15) is 18.0 Å². The number of methoxy groups -OCH3 is 1. The second-order valence-electron chi connectivity index (χ2n) is 7.18. The Balaban J connectivity index is 1.52. The Hall–Kier alpha value is -3.99. The Morgan fingerprint density at radius 2 is 1.88 bits per heavy atom. The molecule has 0 spiro atoms. The van der Waals surface area contributed by atoms with Crippen LogP contribution < -0.4 is 10.6 Å². The normalized spacial score (nSPS) is 11.5. The average Bonchev–Trinajstić information content (AvgIpc) is 3.14. The van der Waals surface area contributed by atoms with E-state index in [4.69, 9.17) is 4.74 Å². The first kappa shape index (κ1) is 22.2. The maximum Gasteiger partial charge on any atom is 0.416 e. The first-order chi connectivity index (χ1) is 15.7. The number of ether oxygens (including phenoxy) is 1. The number of pyridine rings is 2. The Bertz CT molecular complexity index is 1300. The highest BCUT2D eigenvalue weighted by Gasteiger charge is 2.30. The van der Waals surface area contributed by atoms with Crippen LogP contribution >= 0.6 is 0 Å². The fraction of sp³-hybridized carbons (Fsp3) is 0.182. The number of anilines is 2. The van der Waals surface area contributed by atoms with Gasteiger partial charge in [-0.1, -0.05) is 12.1 Å². The van der Waals surface area contributed by atoms with Gasteiger partial charge in [0.05, 0.1) is 24.1 Å². The summed E-state index contributed by atoms with van der Waals surface area (Å²) >= 11 is 0. The quantitative estimate of drug-likeness (QED) is 0.448. The van der Waals surface area contributed by atoms with Gasteiger partial charge in [-0.25, -0.2) is 14.8 Å². The maximum atomic E-state index is 12.8. The van der Waals surface area contributed by atoms with Crippen LogP contribution in [0.1, 0.15) is 11.3 Å². The summed E-state index contributed by atoms with van der Waals surface area (Å²) in [5, 5.41) is 10.0. The molecule has 0 unspecified atom stereocenters. The molecule has 0 aliphatic rings. The number of nitrogens with zero attached hydrogens (tertiary/aromatic N) is 4. The lowest BCUT2D eigenvalue weighted by atomic mass is 10.0. The van der Waals surface area contributed by atoms with Gasteiger partial charge < -0.3 is 10.1 Å². The molecule has 0 fully saturated rings. The van der Waals surface area contributed by atoms with E-state index >= 15 is 0 Å². The van der Waals surface area contributed by atoms with Crippen molar-refractivity contribution in [2.45, 2.75) is 12.8 Å². The predicted octanol–water partition coefficient (Wildman–Crippen LogP) is 4.84. The number of aryl methyl sites for hydroxylation is 1. The van der Waals surface area contributed by atoms with Gasteiger partial charge in [0, 0.05) is 31.4 Å². The molecule has 33 heavy (non-hydrogen) atoms. The van der Waals surface area contributed by atoms with Crippen molar-refractivity contribution in [2.24, 2.45) is 7.05 Å². The van der Waals surface area contributed by atoms with Crippen LogP contribution in [-0.4, -0.2) is 32.9 Å². The summed E-state index contributed by atoms with van der Waals surface area (Å²) in [6.07, 6.45) is -1.81. The van der Waals surface area contributed by atoms with E-state index in [1.54, 1.807) is 37.2 Å². The molecular weight excluding hydrogens is 437 g/mol. The molecule has 11 heteroatoms. The lowest BCUT2D eigenvalue weighted by Gasteiger charge is -2.11. The van der Waals surface area contributed by atoms with Crippen LogP contribution in [0.3, 0.4) is 0 Å². The van der Waals surface area contributed by atoms with Gasteiger partial charge in [0.1, 0.15) is 5.82 Å². The summed E-state index contributed by atoms with van der Waals surface area (Å²) in [4.78, 5) is 20.5. The predicted molar refractivity (Wildman–Crippen MR) is 117 cm³/mol. The van der Waals surface area contributed by atoms with Crippen LogP contribution in [0.4, 0.5) is 29.5 Å². The largest absolute Gasteiger partial charge is 0.416 e. The van der Waals surface area contributed by atoms with E-state index in [1.165, 1.54) is 0 Å². The maximum absolute atomic E-state index is 12.8. The molecule has 3 aromatic heterocycles. The monoisotopic (exact) mass is 456 g/mol. The number of alkyl halides is 3. The third-order valence-corrected chi connectivity index (χ3v) is 4.83. The highest BCUT2D eigenvalue weighted by atomic mass is 19.4. The van der Waals surface area contributed by atoms with Gasteiger partial charge >= 0.3 is 12.2 Å². The first-order valence-corrected chi connectivity index (χ1v) is 9.77. The van der Waals surface area contributed by atoms with Crippen molar-refractivity contribution in [3.63, 3.8) is 0 Å². The lowest BCUT2D eigenvalue weighted by molar-refractivity contribution is -0.137. The lowest BCUT2D eigenvalue weighted by Crippen LogP contribution is -2.20. The first-order valence-electron chi connectivity index (χ1n) is 9.77. The second kappa shape index (κ2) is 8.87. The molecule has 0 aliphatic carbocycles. The Morgan fingerprint density at radius 3 is 2.58 bits per heavy atom. The summed E-state index contributed by atoms with van der Waals surface area (Å²) in [6.45, 7) is 0.345. The zero-order chi connectivity index (χ0) is 23.6. The smallest absolute Gasteiger partial charge is 0.378 e. The minimum Gasteiger partial charge on any atom is -0.378 e. The molecule has 0 radical (unpaired) electrons. The molecule has 0 bridgehead atoms. The van der Waals surface area contributed by atoms with Crippen LogP contribution in [0, 0.1) is 0 Å². The number of fused-ring (bicyclic) bond motifs is 1. The molecule has 0 saturated carbocycles. The highest BCUT2D eigenvalue weighted by Crippen LogP contribution is 2.31. The van der Waals surface area contributed by atoms with E-state index in [1.807, 2.05) is 18.2 Å². The zero-order valence-electron chi connectivity index (χ0n) is 17.6. The van der Waals surface area contributed by atoms with Crippen molar-refractivity contribution in [2.75, 3.05) is 17.7 Å². The third kappa shape index (κ3) is 4.93. The van der Waals surface area contributed by atoms with Crippen molar-refractivity contribution < 1.29 is 22.7 Å². The van der Waals surface area contributed by atoms with E-state index < -0.39 is 17.8 Å². The number of urea groups is 1. The van der Waals surface area contributed by atoms with Crippen molar-refractivity contribution in [1.82, 2.24) is 19.7 Å². The summed E-state index contributed by atoms with van der Waals surface area (Å²) < 4.78 is 45.4. The van der Waals surface area contributed by atoms with E-state index in [0.717, 1.165) is 46.2 Å².